The average molecular weight is 264 g/mol. The highest BCUT2D eigenvalue weighted by molar-refractivity contribution is 5.91. The lowest BCUT2D eigenvalue weighted by molar-refractivity contribution is -0.116. The van der Waals surface area contributed by atoms with Gasteiger partial charge in [-0.2, -0.15) is 4.68 Å². The number of nitrogens with zero attached hydrogens (tertiary/aromatic N) is 4. The number of anilines is 1. The molecule has 0 aliphatic heterocycles. The van der Waals surface area contributed by atoms with Crippen molar-refractivity contribution >= 4 is 11.6 Å². The van der Waals surface area contributed by atoms with Crippen molar-refractivity contribution in [2.24, 2.45) is 5.73 Å². The van der Waals surface area contributed by atoms with Gasteiger partial charge in [0.25, 0.3) is 0 Å². The quantitative estimate of drug-likeness (QED) is 0.832. The van der Waals surface area contributed by atoms with Crippen molar-refractivity contribution in [3.8, 4) is 5.69 Å². The van der Waals surface area contributed by atoms with Gasteiger partial charge in [0.15, 0.2) is 5.82 Å². The Bertz CT molecular complexity index is 597. The first-order valence-electron chi connectivity index (χ1n) is 5.66. The van der Waals surface area contributed by atoms with E-state index in [4.69, 9.17) is 5.73 Å². The van der Waals surface area contributed by atoms with Gasteiger partial charge in [0.1, 0.15) is 11.5 Å². The topological polar surface area (TPSA) is 98.7 Å². The Morgan fingerprint density at radius 3 is 2.95 bits per heavy atom. The maximum absolute atomic E-state index is 13.7. The van der Waals surface area contributed by atoms with Crippen molar-refractivity contribution in [2.75, 3.05) is 11.9 Å². The van der Waals surface area contributed by atoms with Crippen LogP contribution in [0, 0.1) is 12.7 Å². The molecule has 0 atom stereocenters. The Hall–Kier alpha value is -2.35. The van der Waals surface area contributed by atoms with Gasteiger partial charge in [0, 0.05) is 18.7 Å². The number of nitrogens with one attached hydrogen (secondary N) is 1. The molecule has 0 aliphatic rings. The highest BCUT2D eigenvalue weighted by Gasteiger charge is 2.11. The molecule has 8 heteroatoms. The zero-order chi connectivity index (χ0) is 13.8. The van der Waals surface area contributed by atoms with Gasteiger partial charge in [-0.3, -0.25) is 4.79 Å². The van der Waals surface area contributed by atoms with Crippen LogP contribution in [-0.4, -0.2) is 32.7 Å². The molecular weight excluding hydrogens is 251 g/mol. The number of carbonyl (C=O) groups is 1. The third kappa shape index (κ3) is 2.91. The lowest BCUT2D eigenvalue weighted by atomic mass is 10.2. The monoisotopic (exact) mass is 264 g/mol. The summed E-state index contributed by atoms with van der Waals surface area (Å²) in [4.78, 5) is 11.4. The molecule has 0 fully saturated rings. The summed E-state index contributed by atoms with van der Waals surface area (Å²) in [7, 11) is 0. The van der Waals surface area contributed by atoms with E-state index in [1.807, 2.05) is 0 Å². The summed E-state index contributed by atoms with van der Waals surface area (Å²) in [5, 5.41) is 13.4. The Morgan fingerprint density at radius 2 is 2.32 bits per heavy atom. The van der Waals surface area contributed by atoms with Crippen LogP contribution in [0.5, 0.6) is 0 Å². The van der Waals surface area contributed by atoms with Crippen LogP contribution in [0.4, 0.5) is 10.1 Å². The van der Waals surface area contributed by atoms with Gasteiger partial charge in [-0.15, -0.1) is 5.10 Å². The van der Waals surface area contributed by atoms with E-state index >= 15 is 0 Å². The molecule has 1 aromatic heterocycles. The van der Waals surface area contributed by atoms with Crippen molar-refractivity contribution in [1.82, 2.24) is 20.2 Å². The molecule has 0 saturated heterocycles. The predicted octanol–water partition coefficient (Wildman–Crippen LogP) is 0.397. The van der Waals surface area contributed by atoms with Crippen LogP contribution in [0.1, 0.15) is 12.2 Å². The molecule has 2 rings (SSSR count). The summed E-state index contributed by atoms with van der Waals surface area (Å²) >= 11 is 0. The summed E-state index contributed by atoms with van der Waals surface area (Å²) in [5.74, 6) is -0.259. The van der Waals surface area contributed by atoms with E-state index in [2.05, 4.69) is 20.8 Å². The molecule has 100 valence electrons. The third-order valence-corrected chi connectivity index (χ3v) is 2.45. The van der Waals surface area contributed by atoms with Crippen molar-refractivity contribution in [1.29, 1.82) is 0 Å². The van der Waals surface area contributed by atoms with Crippen molar-refractivity contribution in [3.05, 3.63) is 29.8 Å². The van der Waals surface area contributed by atoms with Crippen LogP contribution in [-0.2, 0) is 4.79 Å². The van der Waals surface area contributed by atoms with E-state index in [-0.39, 0.29) is 24.6 Å². The van der Waals surface area contributed by atoms with Crippen molar-refractivity contribution < 1.29 is 9.18 Å². The van der Waals surface area contributed by atoms with Gasteiger partial charge in [-0.25, -0.2) is 4.39 Å². The second-order valence-corrected chi connectivity index (χ2v) is 3.89. The van der Waals surface area contributed by atoms with Crippen LogP contribution in [0.2, 0.25) is 0 Å². The van der Waals surface area contributed by atoms with Crippen molar-refractivity contribution in [3.63, 3.8) is 0 Å². The smallest absolute Gasteiger partial charge is 0.225 e. The fourth-order valence-electron chi connectivity index (χ4n) is 1.56. The van der Waals surface area contributed by atoms with E-state index in [1.165, 1.54) is 22.9 Å². The maximum Gasteiger partial charge on any atom is 0.225 e. The standard InChI is InChI=1S/C11H13FN6O/c1-7-15-16-17-18(7)10-6-8(2-3-9(10)12)14-11(19)4-5-13/h2-3,6H,4-5,13H2,1H3,(H,14,19). The zero-order valence-electron chi connectivity index (χ0n) is 10.3. The Kier molecular flexibility index (Phi) is 3.81. The zero-order valence-corrected chi connectivity index (χ0v) is 10.3. The molecule has 0 spiro atoms. The van der Waals surface area contributed by atoms with E-state index in [1.54, 1.807) is 6.92 Å². The summed E-state index contributed by atoms with van der Waals surface area (Å²) in [6.45, 7) is 1.91. The van der Waals surface area contributed by atoms with E-state index in [9.17, 15) is 9.18 Å². The number of benzene rings is 1. The minimum absolute atomic E-state index is 0.174. The Balaban J connectivity index is 2.30. The predicted molar refractivity (Wildman–Crippen MR) is 66.2 cm³/mol. The molecule has 1 heterocycles. The van der Waals surface area contributed by atoms with Gasteiger partial charge in [0.05, 0.1) is 0 Å². The first kappa shape index (κ1) is 13.1. The van der Waals surface area contributed by atoms with E-state index in [0.29, 0.717) is 11.5 Å². The first-order chi connectivity index (χ1) is 9.11. The van der Waals surface area contributed by atoms with Crippen LogP contribution in [0.15, 0.2) is 18.2 Å². The molecule has 19 heavy (non-hydrogen) atoms. The number of hydrogen-bond acceptors (Lipinski definition) is 5. The average Bonchev–Trinajstić information content (AvgIpc) is 2.78. The largest absolute Gasteiger partial charge is 0.330 e. The fraction of sp³-hybridized carbons (Fsp3) is 0.273. The van der Waals surface area contributed by atoms with Gasteiger partial charge < -0.3 is 11.1 Å². The molecule has 0 unspecified atom stereocenters. The summed E-state index contributed by atoms with van der Waals surface area (Å²) in [6.07, 6.45) is 0.205. The van der Waals surface area contributed by atoms with E-state index < -0.39 is 5.82 Å². The molecule has 0 radical (unpaired) electrons. The molecule has 3 N–H and O–H groups in total. The van der Waals surface area contributed by atoms with Gasteiger partial charge in [0.2, 0.25) is 5.91 Å². The molecular formula is C11H13FN6O. The van der Waals surface area contributed by atoms with E-state index in [0.717, 1.165) is 0 Å². The number of aromatic nitrogens is 4. The number of amides is 1. The molecule has 7 nitrogen and oxygen atoms in total. The normalized spacial score (nSPS) is 10.5. The molecule has 0 aliphatic carbocycles. The third-order valence-electron chi connectivity index (χ3n) is 2.45. The summed E-state index contributed by atoms with van der Waals surface area (Å²) < 4.78 is 15.0. The van der Waals surface area contributed by atoms with Crippen LogP contribution < -0.4 is 11.1 Å². The minimum atomic E-state index is -0.479. The second kappa shape index (κ2) is 5.53. The summed E-state index contributed by atoms with van der Waals surface area (Å²) in [6, 6.07) is 4.18. The first-order valence-corrected chi connectivity index (χ1v) is 5.66. The number of hydrogen-bond donors (Lipinski definition) is 2. The molecule has 2 aromatic rings. The van der Waals surface area contributed by atoms with Crippen molar-refractivity contribution in [2.45, 2.75) is 13.3 Å². The van der Waals surface area contributed by atoms with Crippen LogP contribution in [0.25, 0.3) is 5.69 Å². The summed E-state index contributed by atoms with van der Waals surface area (Å²) in [5.41, 5.74) is 5.92. The van der Waals surface area contributed by atoms with Gasteiger partial charge in [-0.05, 0) is 35.5 Å². The molecule has 0 saturated carbocycles. The van der Waals surface area contributed by atoms with Gasteiger partial charge >= 0.3 is 0 Å². The van der Waals surface area contributed by atoms with Crippen LogP contribution >= 0.6 is 0 Å². The Morgan fingerprint density at radius 1 is 1.53 bits per heavy atom. The number of nitrogens with two attached hydrogens (primary N) is 1. The highest BCUT2D eigenvalue weighted by Crippen LogP contribution is 2.18. The minimum Gasteiger partial charge on any atom is -0.330 e. The Labute approximate surface area is 108 Å². The van der Waals surface area contributed by atoms with Gasteiger partial charge in [-0.1, -0.05) is 0 Å². The highest BCUT2D eigenvalue weighted by atomic mass is 19.1. The second-order valence-electron chi connectivity index (χ2n) is 3.89. The number of aryl methyl sites for hydroxylation is 1. The number of tetrazole rings is 1. The molecule has 0 bridgehead atoms. The molecule has 1 aromatic carbocycles. The number of rotatable bonds is 4. The SMILES string of the molecule is Cc1nnnn1-c1cc(NC(=O)CCN)ccc1F. The number of carbonyl (C=O) groups excluding carboxylic acids is 1. The maximum atomic E-state index is 13.7. The molecule has 1 amide bonds. The van der Waals surface area contributed by atoms with Crippen LogP contribution in [0.3, 0.4) is 0 Å². The fourth-order valence-corrected chi connectivity index (χ4v) is 1.56. The lowest BCUT2D eigenvalue weighted by Gasteiger charge is -2.08. The lowest BCUT2D eigenvalue weighted by Crippen LogP contribution is -2.16. The number of halogens is 1.